The highest BCUT2D eigenvalue weighted by molar-refractivity contribution is 6.29. The second-order valence-electron chi connectivity index (χ2n) is 3.64. The van der Waals surface area contributed by atoms with Gasteiger partial charge in [-0.15, -0.1) is 0 Å². The number of nitrogens with one attached hydrogen (secondary N) is 2. The number of rotatable bonds is 2. The summed E-state index contributed by atoms with van der Waals surface area (Å²) >= 11 is 5.67. The van der Waals surface area contributed by atoms with E-state index in [1.165, 1.54) is 18.3 Å². The zero-order chi connectivity index (χ0) is 13.7. The second-order valence-corrected chi connectivity index (χ2v) is 4.03. The van der Waals surface area contributed by atoms with Gasteiger partial charge in [-0.25, -0.2) is 4.98 Å². The largest absolute Gasteiger partial charge is 0.269 e. The third-order valence-corrected chi connectivity index (χ3v) is 2.52. The summed E-state index contributed by atoms with van der Waals surface area (Å²) in [6.45, 7) is 0. The Morgan fingerprint density at radius 3 is 2.21 bits per heavy atom. The van der Waals surface area contributed by atoms with Gasteiger partial charge in [-0.05, 0) is 24.3 Å². The Labute approximate surface area is 114 Å². The molecule has 0 atom stereocenters. The second kappa shape index (κ2) is 5.97. The molecule has 0 fully saturated rings. The topological polar surface area (TPSA) is 71.1 Å². The van der Waals surface area contributed by atoms with Crippen LogP contribution in [0.25, 0.3) is 0 Å². The number of pyridine rings is 1. The van der Waals surface area contributed by atoms with Crippen LogP contribution in [0.1, 0.15) is 20.7 Å². The van der Waals surface area contributed by atoms with Crippen molar-refractivity contribution in [2.24, 2.45) is 0 Å². The number of carbonyl (C=O) groups is 2. The standard InChI is InChI=1S/C13H10ClN3O2/c14-11-8-10(6-7-15-11)13(19)17-16-12(18)9-4-2-1-3-5-9/h1-8H,(H,16,18)(H,17,19). The normalized spacial score (nSPS) is 9.74. The number of hydrogen-bond donors (Lipinski definition) is 2. The molecule has 1 heterocycles. The average Bonchev–Trinajstić information content (AvgIpc) is 2.45. The number of benzene rings is 1. The number of aromatic nitrogens is 1. The third kappa shape index (κ3) is 3.53. The van der Waals surface area contributed by atoms with Gasteiger partial charge in [0.05, 0.1) is 0 Å². The summed E-state index contributed by atoms with van der Waals surface area (Å²) in [6, 6.07) is 11.5. The molecule has 0 saturated carbocycles. The average molecular weight is 276 g/mol. The first-order valence-corrected chi connectivity index (χ1v) is 5.82. The van der Waals surface area contributed by atoms with E-state index in [1.807, 2.05) is 0 Å². The Morgan fingerprint density at radius 1 is 0.947 bits per heavy atom. The lowest BCUT2D eigenvalue weighted by Gasteiger charge is -2.07. The molecule has 0 saturated heterocycles. The minimum absolute atomic E-state index is 0.210. The number of hydrogen-bond acceptors (Lipinski definition) is 3. The number of hydrazine groups is 1. The summed E-state index contributed by atoms with van der Waals surface area (Å²) in [5.41, 5.74) is 5.38. The van der Waals surface area contributed by atoms with Crippen LogP contribution in [0, 0.1) is 0 Å². The maximum atomic E-state index is 11.7. The van der Waals surface area contributed by atoms with Gasteiger partial charge < -0.3 is 0 Å². The number of amides is 2. The molecule has 5 nitrogen and oxygen atoms in total. The molecule has 19 heavy (non-hydrogen) atoms. The lowest BCUT2D eigenvalue weighted by molar-refractivity contribution is 0.0846. The Hall–Kier alpha value is -2.40. The van der Waals surface area contributed by atoms with E-state index in [0.29, 0.717) is 11.1 Å². The molecule has 2 amide bonds. The lowest BCUT2D eigenvalue weighted by atomic mass is 10.2. The first-order chi connectivity index (χ1) is 9.16. The van der Waals surface area contributed by atoms with Crippen LogP contribution >= 0.6 is 11.6 Å². The summed E-state index contributed by atoms with van der Waals surface area (Å²) in [5, 5.41) is 0.210. The van der Waals surface area contributed by atoms with Crippen molar-refractivity contribution in [3.63, 3.8) is 0 Å². The smallest absolute Gasteiger partial charge is 0.267 e. The summed E-state index contributed by atoms with van der Waals surface area (Å²) < 4.78 is 0. The highest BCUT2D eigenvalue weighted by Crippen LogP contribution is 2.06. The first-order valence-electron chi connectivity index (χ1n) is 5.44. The molecule has 1 aromatic carbocycles. The van der Waals surface area contributed by atoms with Crippen molar-refractivity contribution >= 4 is 23.4 Å². The molecule has 0 bridgehead atoms. The molecule has 1 aromatic heterocycles. The van der Waals surface area contributed by atoms with Crippen LogP contribution in [0.3, 0.4) is 0 Å². The molecule has 0 spiro atoms. The van der Waals surface area contributed by atoms with Crippen molar-refractivity contribution in [1.82, 2.24) is 15.8 Å². The molecular weight excluding hydrogens is 266 g/mol. The maximum Gasteiger partial charge on any atom is 0.269 e. The highest BCUT2D eigenvalue weighted by atomic mass is 35.5. The Kier molecular flexibility index (Phi) is 4.10. The quantitative estimate of drug-likeness (QED) is 0.649. The van der Waals surface area contributed by atoms with E-state index in [1.54, 1.807) is 30.3 Å². The predicted octanol–water partition coefficient (Wildman–Crippen LogP) is 1.81. The van der Waals surface area contributed by atoms with E-state index in [0.717, 1.165) is 0 Å². The Morgan fingerprint density at radius 2 is 1.58 bits per heavy atom. The van der Waals surface area contributed by atoms with Crippen molar-refractivity contribution in [2.45, 2.75) is 0 Å². The minimum Gasteiger partial charge on any atom is -0.267 e. The van der Waals surface area contributed by atoms with Crippen LogP contribution in [-0.4, -0.2) is 16.8 Å². The van der Waals surface area contributed by atoms with Crippen molar-refractivity contribution < 1.29 is 9.59 Å². The lowest BCUT2D eigenvalue weighted by Crippen LogP contribution is -2.41. The molecule has 6 heteroatoms. The van der Waals surface area contributed by atoms with Crippen LogP contribution < -0.4 is 10.9 Å². The fraction of sp³-hybridized carbons (Fsp3) is 0. The van der Waals surface area contributed by atoms with E-state index in [-0.39, 0.29) is 5.15 Å². The van der Waals surface area contributed by atoms with Crippen molar-refractivity contribution in [3.8, 4) is 0 Å². The van der Waals surface area contributed by atoms with Crippen LogP contribution in [0.4, 0.5) is 0 Å². The molecular formula is C13H10ClN3O2. The summed E-state index contributed by atoms with van der Waals surface area (Å²) in [7, 11) is 0. The van der Waals surface area contributed by atoms with Crippen molar-refractivity contribution in [2.75, 3.05) is 0 Å². The summed E-state index contributed by atoms with van der Waals surface area (Å²) in [6.07, 6.45) is 1.41. The fourth-order valence-corrected chi connectivity index (χ4v) is 1.56. The van der Waals surface area contributed by atoms with Crippen LogP contribution in [0.2, 0.25) is 5.15 Å². The van der Waals surface area contributed by atoms with Gasteiger partial charge in [0.15, 0.2) is 0 Å². The molecule has 2 rings (SSSR count). The van der Waals surface area contributed by atoms with Gasteiger partial charge in [-0.1, -0.05) is 29.8 Å². The Bertz CT molecular complexity index is 602. The molecule has 0 radical (unpaired) electrons. The SMILES string of the molecule is O=C(NNC(=O)c1ccnc(Cl)c1)c1ccccc1. The predicted molar refractivity (Wildman–Crippen MR) is 70.6 cm³/mol. The monoisotopic (exact) mass is 275 g/mol. The van der Waals surface area contributed by atoms with E-state index in [2.05, 4.69) is 15.8 Å². The highest BCUT2D eigenvalue weighted by Gasteiger charge is 2.09. The van der Waals surface area contributed by atoms with Crippen LogP contribution in [0.15, 0.2) is 48.7 Å². The number of carbonyl (C=O) groups excluding carboxylic acids is 2. The van der Waals surface area contributed by atoms with E-state index >= 15 is 0 Å². The van der Waals surface area contributed by atoms with Gasteiger partial charge in [0.2, 0.25) is 0 Å². The van der Waals surface area contributed by atoms with Crippen LogP contribution in [0.5, 0.6) is 0 Å². The van der Waals surface area contributed by atoms with Crippen molar-refractivity contribution in [1.29, 1.82) is 0 Å². The zero-order valence-corrected chi connectivity index (χ0v) is 10.5. The molecule has 0 unspecified atom stereocenters. The van der Waals surface area contributed by atoms with Crippen molar-refractivity contribution in [3.05, 3.63) is 64.9 Å². The van der Waals surface area contributed by atoms with Gasteiger partial charge in [0, 0.05) is 17.3 Å². The van der Waals surface area contributed by atoms with Gasteiger partial charge in [0.1, 0.15) is 5.15 Å². The van der Waals surface area contributed by atoms with E-state index in [9.17, 15) is 9.59 Å². The number of nitrogens with zero attached hydrogens (tertiary/aromatic N) is 1. The zero-order valence-electron chi connectivity index (χ0n) is 9.76. The van der Waals surface area contributed by atoms with Gasteiger partial charge >= 0.3 is 0 Å². The maximum absolute atomic E-state index is 11.7. The molecule has 96 valence electrons. The number of halogens is 1. The molecule has 0 aliphatic rings. The summed E-state index contributed by atoms with van der Waals surface area (Å²) in [4.78, 5) is 27.2. The third-order valence-electron chi connectivity index (χ3n) is 2.31. The molecule has 0 aliphatic carbocycles. The molecule has 2 aromatic rings. The van der Waals surface area contributed by atoms with Gasteiger partial charge in [-0.2, -0.15) is 0 Å². The van der Waals surface area contributed by atoms with E-state index in [4.69, 9.17) is 11.6 Å². The molecule has 2 N–H and O–H groups in total. The van der Waals surface area contributed by atoms with Gasteiger partial charge in [0.25, 0.3) is 11.8 Å². The summed E-state index contributed by atoms with van der Waals surface area (Å²) in [5.74, 6) is -0.859. The Balaban J connectivity index is 1.96. The van der Waals surface area contributed by atoms with Crippen LogP contribution in [-0.2, 0) is 0 Å². The van der Waals surface area contributed by atoms with E-state index < -0.39 is 11.8 Å². The van der Waals surface area contributed by atoms with Gasteiger partial charge in [-0.3, -0.25) is 20.4 Å². The fourth-order valence-electron chi connectivity index (χ4n) is 1.39. The minimum atomic E-state index is -0.464. The first kappa shape index (κ1) is 13.0. The molecule has 0 aliphatic heterocycles.